The van der Waals surface area contributed by atoms with E-state index in [0.717, 1.165) is 27.9 Å². The highest BCUT2D eigenvalue weighted by Gasteiger charge is 2.20. The van der Waals surface area contributed by atoms with Gasteiger partial charge in [-0.15, -0.1) is 0 Å². The molecule has 0 saturated heterocycles. The van der Waals surface area contributed by atoms with Crippen molar-refractivity contribution in [1.82, 2.24) is 9.55 Å². The molecule has 1 aromatic heterocycles. The minimum Gasteiger partial charge on any atom is -0.295 e. The molecule has 7 aromatic rings. The van der Waals surface area contributed by atoms with Crippen molar-refractivity contribution in [3.63, 3.8) is 0 Å². The van der Waals surface area contributed by atoms with Crippen LogP contribution >= 0.6 is 0 Å². The first kappa shape index (κ1) is 13.6. The van der Waals surface area contributed by atoms with Crippen LogP contribution in [0, 0.1) is 0 Å². The van der Waals surface area contributed by atoms with Crippen molar-refractivity contribution in [3.8, 4) is 27.9 Å². The highest BCUT2D eigenvalue weighted by atomic mass is 15.1. The second kappa shape index (κ2) is 8.76. The van der Waals surface area contributed by atoms with Gasteiger partial charge >= 0.3 is 0 Å². The van der Waals surface area contributed by atoms with Crippen LogP contribution in [0.4, 0.5) is 0 Å². The van der Waals surface area contributed by atoms with E-state index in [1.54, 1.807) is 18.2 Å². The molecule has 0 bridgehead atoms. The second-order valence-corrected chi connectivity index (χ2v) is 8.74. The van der Waals surface area contributed by atoms with Crippen molar-refractivity contribution < 1.29 is 13.7 Å². The predicted octanol–water partition coefficient (Wildman–Crippen LogP) is 9.23. The molecule has 2 heteroatoms. The molecule has 0 aliphatic carbocycles. The molecule has 0 aliphatic rings. The number of hydrogen-bond donors (Lipinski definition) is 0. The molecule has 0 radical (unpaired) electrons. The van der Waals surface area contributed by atoms with Crippen molar-refractivity contribution in [2.24, 2.45) is 0 Å². The number of benzene rings is 6. The summed E-state index contributed by atoms with van der Waals surface area (Å²) in [4.78, 5) is 4.90. The molecule has 0 amide bonds. The first-order valence-corrected chi connectivity index (χ1v) is 12.1. The van der Waals surface area contributed by atoms with Crippen LogP contribution in [0.1, 0.15) is 26.5 Å². The largest absolute Gasteiger partial charge is 0.295 e. The Morgan fingerprint density at radius 1 is 0.649 bits per heavy atom. The summed E-state index contributed by atoms with van der Waals surface area (Å²) >= 11 is 0. The summed E-state index contributed by atoms with van der Waals surface area (Å²) in [6.45, 7) is 2.01. The number of para-hydroxylation sites is 2. The molecule has 6 aromatic carbocycles. The van der Waals surface area contributed by atoms with E-state index in [4.69, 9.17) is 18.7 Å². The summed E-state index contributed by atoms with van der Waals surface area (Å²) < 4.78 is 87.1. The monoisotopic (exact) mass is 484 g/mol. The third-order valence-corrected chi connectivity index (χ3v) is 6.70. The second-order valence-electron chi connectivity index (χ2n) is 8.74. The van der Waals surface area contributed by atoms with Gasteiger partial charge in [0.15, 0.2) is 0 Å². The summed E-state index contributed by atoms with van der Waals surface area (Å²) in [5.74, 6) is 0.794. The lowest BCUT2D eigenvalue weighted by molar-refractivity contribution is 0.917. The SMILES string of the molecule is [2H]c1c([2H])c([2H])c(-c2ccc3c(-n4c(CC)nc5ccccc54)c4ccccc4c(-c4c([2H])c([2H])c([2H])c([2H])c4[2H])c3c2)c([2H])c1[2H]. The molecule has 176 valence electrons. The van der Waals surface area contributed by atoms with Gasteiger partial charge < -0.3 is 0 Å². The Bertz CT molecular complexity index is 2410. The van der Waals surface area contributed by atoms with Crippen LogP contribution in [-0.4, -0.2) is 9.55 Å². The maximum absolute atomic E-state index is 8.94. The standard InChI is InChI=1S/C35H26N2/c1-2-33-36-31-19-11-12-20-32(31)37(33)35-28-18-10-9-17-27(28)34(25-15-7-4-8-16-25)30-23-26(21-22-29(30)35)24-13-5-3-6-14-24/h3-23H,2H2,1H3/i3D,4D,5D,6D,7D,8D,13D,14D,15D,16D. The Balaban J connectivity index is 1.74. The van der Waals surface area contributed by atoms with Gasteiger partial charge in [0.1, 0.15) is 5.82 Å². The molecule has 0 unspecified atom stereocenters. The third kappa shape index (κ3) is 3.45. The number of aromatic nitrogens is 2. The van der Waals surface area contributed by atoms with Crippen LogP contribution in [0.3, 0.4) is 0 Å². The lowest BCUT2D eigenvalue weighted by Crippen LogP contribution is -2.03. The van der Waals surface area contributed by atoms with E-state index in [9.17, 15) is 0 Å². The zero-order valence-corrected chi connectivity index (χ0v) is 20.0. The third-order valence-electron chi connectivity index (χ3n) is 6.70. The van der Waals surface area contributed by atoms with Gasteiger partial charge in [-0.05, 0) is 51.2 Å². The Morgan fingerprint density at radius 3 is 2.05 bits per heavy atom. The minimum absolute atomic E-state index is 0.00180. The maximum atomic E-state index is 8.94. The smallest absolute Gasteiger partial charge is 0.114 e. The van der Waals surface area contributed by atoms with E-state index in [-0.39, 0.29) is 35.3 Å². The Morgan fingerprint density at radius 2 is 1.30 bits per heavy atom. The molecule has 1 heterocycles. The first-order valence-electron chi connectivity index (χ1n) is 17.1. The van der Waals surface area contributed by atoms with E-state index < -0.39 is 36.3 Å². The molecular formula is C35H26N2. The van der Waals surface area contributed by atoms with Crippen LogP contribution in [0.25, 0.3) is 60.5 Å². The fourth-order valence-electron chi connectivity index (χ4n) is 5.15. The van der Waals surface area contributed by atoms with E-state index in [2.05, 4.69) is 4.57 Å². The molecule has 7 rings (SSSR count). The maximum Gasteiger partial charge on any atom is 0.114 e. The highest BCUT2D eigenvalue weighted by Crippen LogP contribution is 2.43. The lowest BCUT2D eigenvalue weighted by Gasteiger charge is -2.20. The van der Waals surface area contributed by atoms with Crippen molar-refractivity contribution in [3.05, 3.63) is 133 Å². The average Bonchev–Trinajstić information content (AvgIpc) is 3.46. The highest BCUT2D eigenvalue weighted by molar-refractivity contribution is 6.19. The Hall–Kier alpha value is -4.69. The van der Waals surface area contributed by atoms with Crippen molar-refractivity contribution in [2.45, 2.75) is 13.3 Å². The molecule has 0 fully saturated rings. The quantitative estimate of drug-likeness (QED) is 0.228. The number of hydrogen-bond acceptors (Lipinski definition) is 1. The zero-order chi connectivity index (χ0) is 33.5. The van der Waals surface area contributed by atoms with Crippen molar-refractivity contribution in [1.29, 1.82) is 0 Å². The van der Waals surface area contributed by atoms with Gasteiger partial charge in [-0.1, -0.05) is 116 Å². The number of fused-ring (bicyclic) bond motifs is 3. The summed E-state index contributed by atoms with van der Waals surface area (Å²) in [6, 6.07) is 16.1. The van der Waals surface area contributed by atoms with Crippen molar-refractivity contribution >= 4 is 32.6 Å². The van der Waals surface area contributed by atoms with E-state index in [1.807, 2.05) is 55.5 Å². The minimum atomic E-state index is -0.508. The molecule has 0 N–H and O–H groups in total. The summed E-state index contributed by atoms with van der Waals surface area (Å²) in [5.41, 5.74) is 3.15. The number of imidazole rings is 1. The Kier molecular flexibility index (Phi) is 3.21. The molecule has 0 atom stereocenters. The summed E-state index contributed by atoms with van der Waals surface area (Å²) in [5, 5.41) is 2.53. The molecule has 0 saturated carbocycles. The predicted molar refractivity (Wildman–Crippen MR) is 156 cm³/mol. The van der Waals surface area contributed by atoms with Gasteiger partial charge in [0.2, 0.25) is 0 Å². The van der Waals surface area contributed by atoms with Crippen LogP contribution < -0.4 is 0 Å². The number of nitrogens with zero attached hydrogens (tertiary/aromatic N) is 2. The summed E-state index contributed by atoms with van der Waals surface area (Å²) in [7, 11) is 0. The molecule has 37 heavy (non-hydrogen) atoms. The number of rotatable bonds is 4. The van der Waals surface area contributed by atoms with E-state index in [1.165, 1.54) is 0 Å². The van der Waals surface area contributed by atoms with Gasteiger partial charge in [-0.25, -0.2) is 4.98 Å². The first-order chi connectivity index (χ1) is 22.5. The van der Waals surface area contributed by atoms with Crippen molar-refractivity contribution in [2.75, 3.05) is 0 Å². The Labute approximate surface area is 230 Å². The molecule has 2 nitrogen and oxygen atoms in total. The van der Waals surface area contributed by atoms with Gasteiger partial charge in [0.05, 0.1) is 30.4 Å². The van der Waals surface area contributed by atoms with E-state index >= 15 is 0 Å². The average molecular weight is 485 g/mol. The van der Waals surface area contributed by atoms with Gasteiger partial charge in [-0.2, -0.15) is 0 Å². The number of aryl methyl sites for hydroxylation is 1. The normalized spacial score (nSPS) is 15.3. The van der Waals surface area contributed by atoms with Crippen LogP contribution in [0.15, 0.2) is 127 Å². The van der Waals surface area contributed by atoms with Crippen LogP contribution in [0.5, 0.6) is 0 Å². The van der Waals surface area contributed by atoms with Crippen LogP contribution in [0.2, 0.25) is 0 Å². The fourth-order valence-corrected chi connectivity index (χ4v) is 5.15. The molecule has 0 spiro atoms. The van der Waals surface area contributed by atoms with E-state index in [0.29, 0.717) is 33.7 Å². The van der Waals surface area contributed by atoms with Gasteiger partial charge in [0, 0.05) is 17.2 Å². The summed E-state index contributed by atoms with van der Waals surface area (Å²) in [6.07, 6.45) is 0.607. The topological polar surface area (TPSA) is 17.8 Å². The van der Waals surface area contributed by atoms with Gasteiger partial charge in [0.25, 0.3) is 0 Å². The van der Waals surface area contributed by atoms with Crippen LogP contribution in [-0.2, 0) is 6.42 Å². The fraction of sp³-hybridized carbons (Fsp3) is 0.0571. The zero-order valence-electron chi connectivity index (χ0n) is 30.0. The molecular weight excluding hydrogens is 448 g/mol. The van der Waals surface area contributed by atoms with Gasteiger partial charge in [-0.3, -0.25) is 4.57 Å². The molecule has 0 aliphatic heterocycles. The lowest BCUT2D eigenvalue weighted by atomic mass is 9.88.